The van der Waals surface area contributed by atoms with Gasteiger partial charge in [-0.05, 0) is 19.8 Å². The molecule has 0 atom stereocenters. The summed E-state index contributed by atoms with van der Waals surface area (Å²) in [5.74, 6) is 0.456. The smallest absolute Gasteiger partial charge is 0.353 e. The molecule has 0 bridgehead atoms. The van der Waals surface area contributed by atoms with Gasteiger partial charge in [0.25, 0.3) is 0 Å². The number of rotatable bonds is 8. The van der Waals surface area contributed by atoms with E-state index in [2.05, 4.69) is 20.6 Å². The quantitative estimate of drug-likeness (QED) is 0.430. The van der Waals surface area contributed by atoms with E-state index in [1.165, 1.54) is 19.2 Å². The third kappa shape index (κ3) is 4.25. The van der Waals surface area contributed by atoms with Crippen LogP contribution in [0.1, 0.15) is 32.6 Å². The van der Waals surface area contributed by atoms with Crippen LogP contribution < -0.4 is 10.6 Å². The molecule has 0 unspecified atom stereocenters. The SMILES string of the molecule is CCNc1ncnc(NCCOC2CCCC2)c1[N+](=O)[O-]. The molecule has 1 aliphatic carbocycles. The van der Waals surface area contributed by atoms with Gasteiger partial charge in [-0.2, -0.15) is 0 Å². The van der Waals surface area contributed by atoms with Crippen molar-refractivity contribution in [1.82, 2.24) is 9.97 Å². The molecule has 1 aliphatic rings. The molecule has 1 heterocycles. The van der Waals surface area contributed by atoms with Gasteiger partial charge in [0.05, 0.1) is 17.6 Å². The lowest BCUT2D eigenvalue weighted by Crippen LogP contribution is -2.17. The van der Waals surface area contributed by atoms with Crippen LogP contribution in [0, 0.1) is 10.1 Å². The number of ether oxygens (including phenoxy) is 1. The van der Waals surface area contributed by atoms with Crippen molar-refractivity contribution >= 4 is 17.3 Å². The fourth-order valence-electron chi connectivity index (χ4n) is 2.43. The molecule has 1 fully saturated rings. The van der Waals surface area contributed by atoms with Gasteiger partial charge in [-0.25, -0.2) is 9.97 Å². The largest absolute Gasteiger partial charge is 0.376 e. The van der Waals surface area contributed by atoms with Crippen molar-refractivity contribution in [3.63, 3.8) is 0 Å². The van der Waals surface area contributed by atoms with E-state index >= 15 is 0 Å². The van der Waals surface area contributed by atoms with Gasteiger partial charge in [0.1, 0.15) is 6.33 Å². The molecule has 0 spiro atoms. The van der Waals surface area contributed by atoms with E-state index in [1.54, 1.807) is 0 Å². The zero-order chi connectivity index (χ0) is 15.1. The monoisotopic (exact) mass is 295 g/mol. The highest BCUT2D eigenvalue weighted by molar-refractivity contribution is 5.69. The molecule has 21 heavy (non-hydrogen) atoms. The zero-order valence-electron chi connectivity index (χ0n) is 12.2. The second-order valence-electron chi connectivity index (χ2n) is 4.91. The first-order chi connectivity index (χ1) is 10.2. The Bertz CT molecular complexity index is 477. The maximum absolute atomic E-state index is 11.2. The molecular formula is C13H21N5O3. The van der Waals surface area contributed by atoms with Crippen LogP contribution >= 0.6 is 0 Å². The Labute approximate surface area is 123 Å². The topological polar surface area (TPSA) is 102 Å². The van der Waals surface area contributed by atoms with Crippen molar-refractivity contribution in [3.05, 3.63) is 16.4 Å². The van der Waals surface area contributed by atoms with E-state index in [1.807, 2.05) is 6.92 Å². The molecule has 0 amide bonds. The Hall–Kier alpha value is -1.96. The van der Waals surface area contributed by atoms with Gasteiger partial charge in [-0.3, -0.25) is 10.1 Å². The third-order valence-electron chi connectivity index (χ3n) is 3.40. The first-order valence-corrected chi connectivity index (χ1v) is 7.31. The Morgan fingerprint density at radius 2 is 2.00 bits per heavy atom. The lowest BCUT2D eigenvalue weighted by atomic mass is 10.3. The third-order valence-corrected chi connectivity index (χ3v) is 3.40. The van der Waals surface area contributed by atoms with E-state index in [0.29, 0.717) is 25.8 Å². The van der Waals surface area contributed by atoms with Gasteiger partial charge >= 0.3 is 5.69 Å². The molecule has 0 radical (unpaired) electrons. The summed E-state index contributed by atoms with van der Waals surface area (Å²) in [6, 6.07) is 0. The number of hydrogen-bond donors (Lipinski definition) is 2. The normalized spacial score (nSPS) is 15.1. The molecule has 0 saturated heterocycles. The van der Waals surface area contributed by atoms with Crippen molar-refractivity contribution in [2.75, 3.05) is 30.3 Å². The lowest BCUT2D eigenvalue weighted by Gasteiger charge is -2.12. The maximum Gasteiger partial charge on any atom is 0.353 e. The molecule has 1 aromatic heterocycles. The highest BCUT2D eigenvalue weighted by Gasteiger charge is 2.22. The Kier molecular flexibility index (Phi) is 5.68. The van der Waals surface area contributed by atoms with Crippen molar-refractivity contribution in [2.24, 2.45) is 0 Å². The van der Waals surface area contributed by atoms with Gasteiger partial charge in [0.2, 0.25) is 11.6 Å². The second-order valence-corrected chi connectivity index (χ2v) is 4.91. The van der Waals surface area contributed by atoms with Crippen LogP contribution in [0.25, 0.3) is 0 Å². The summed E-state index contributed by atoms with van der Waals surface area (Å²) in [6.07, 6.45) is 6.31. The highest BCUT2D eigenvalue weighted by atomic mass is 16.6. The summed E-state index contributed by atoms with van der Waals surface area (Å²) < 4.78 is 5.71. The van der Waals surface area contributed by atoms with Gasteiger partial charge in [0, 0.05) is 13.1 Å². The van der Waals surface area contributed by atoms with E-state index in [0.717, 1.165) is 12.8 Å². The van der Waals surface area contributed by atoms with Crippen molar-refractivity contribution in [2.45, 2.75) is 38.7 Å². The van der Waals surface area contributed by atoms with Crippen molar-refractivity contribution in [3.8, 4) is 0 Å². The van der Waals surface area contributed by atoms with Crippen molar-refractivity contribution < 1.29 is 9.66 Å². The molecule has 8 heteroatoms. The summed E-state index contributed by atoms with van der Waals surface area (Å²) >= 11 is 0. The van der Waals surface area contributed by atoms with Gasteiger partial charge in [-0.15, -0.1) is 0 Å². The number of aromatic nitrogens is 2. The van der Waals surface area contributed by atoms with Crippen LogP contribution in [0.2, 0.25) is 0 Å². The fraction of sp³-hybridized carbons (Fsp3) is 0.692. The number of nitro groups is 1. The first kappa shape index (κ1) is 15.4. The minimum absolute atomic E-state index is 0.125. The predicted octanol–water partition coefficient (Wildman–Crippen LogP) is 2.19. The summed E-state index contributed by atoms with van der Waals surface area (Å²) in [4.78, 5) is 18.6. The summed E-state index contributed by atoms with van der Waals surface area (Å²) in [5.41, 5.74) is -0.125. The van der Waals surface area contributed by atoms with Crippen molar-refractivity contribution in [1.29, 1.82) is 0 Å². The summed E-state index contributed by atoms with van der Waals surface area (Å²) in [6.45, 7) is 3.42. The number of anilines is 2. The van der Waals surface area contributed by atoms with Crippen LogP contribution in [0.15, 0.2) is 6.33 Å². The molecule has 0 aromatic carbocycles. The lowest BCUT2D eigenvalue weighted by molar-refractivity contribution is -0.383. The van der Waals surface area contributed by atoms with Gasteiger partial charge in [-0.1, -0.05) is 12.8 Å². The summed E-state index contributed by atoms with van der Waals surface area (Å²) in [7, 11) is 0. The molecule has 0 aliphatic heterocycles. The molecular weight excluding hydrogens is 274 g/mol. The van der Waals surface area contributed by atoms with Crippen LogP contribution in [0.5, 0.6) is 0 Å². The van der Waals surface area contributed by atoms with Crippen LogP contribution in [-0.2, 0) is 4.74 Å². The Morgan fingerprint density at radius 1 is 1.33 bits per heavy atom. The van der Waals surface area contributed by atoms with Gasteiger partial charge < -0.3 is 15.4 Å². The van der Waals surface area contributed by atoms with Gasteiger partial charge in [0.15, 0.2) is 0 Å². The molecule has 116 valence electrons. The number of nitrogens with zero attached hydrogens (tertiary/aromatic N) is 3. The summed E-state index contributed by atoms with van der Waals surface area (Å²) in [5, 5.41) is 17.0. The van der Waals surface area contributed by atoms with Crippen LogP contribution in [-0.4, -0.2) is 40.7 Å². The molecule has 1 saturated carbocycles. The molecule has 8 nitrogen and oxygen atoms in total. The maximum atomic E-state index is 11.2. The average Bonchev–Trinajstić information content (AvgIpc) is 2.97. The predicted molar refractivity (Wildman–Crippen MR) is 79.5 cm³/mol. The minimum atomic E-state index is -0.474. The standard InChI is InChI=1S/C13H21N5O3/c1-2-14-12-11(18(19)20)13(17-9-16-12)15-7-8-21-10-5-3-4-6-10/h9-10H,2-8H2,1H3,(H2,14,15,16,17). The average molecular weight is 295 g/mol. The Morgan fingerprint density at radius 3 is 2.62 bits per heavy atom. The number of nitrogens with one attached hydrogen (secondary N) is 2. The zero-order valence-corrected chi connectivity index (χ0v) is 12.2. The van der Waals surface area contributed by atoms with E-state index in [4.69, 9.17) is 4.74 Å². The number of hydrogen-bond acceptors (Lipinski definition) is 7. The minimum Gasteiger partial charge on any atom is -0.376 e. The highest BCUT2D eigenvalue weighted by Crippen LogP contribution is 2.28. The van der Waals surface area contributed by atoms with Crippen LogP contribution in [0.3, 0.4) is 0 Å². The molecule has 2 N–H and O–H groups in total. The second kappa shape index (κ2) is 7.72. The van der Waals surface area contributed by atoms with Crippen LogP contribution in [0.4, 0.5) is 17.3 Å². The first-order valence-electron chi connectivity index (χ1n) is 7.31. The van der Waals surface area contributed by atoms with E-state index in [-0.39, 0.29) is 17.3 Å². The fourth-order valence-corrected chi connectivity index (χ4v) is 2.43. The Balaban J connectivity index is 1.92. The molecule has 1 aromatic rings. The van der Waals surface area contributed by atoms with E-state index < -0.39 is 4.92 Å². The molecule has 2 rings (SSSR count). The van der Waals surface area contributed by atoms with E-state index in [9.17, 15) is 10.1 Å².